The molecule has 1 unspecified atom stereocenters. The predicted molar refractivity (Wildman–Crippen MR) is 44.3 cm³/mol. The maximum atomic E-state index is 8.83. The Balaban J connectivity index is 2.25. The van der Waals surface area contributed by atoms with Crippen LogP contribution in [0.2, 0.25) is 0 Å². The largest absolute Gasteiger partial charge is 0.396 e. The second kappa shape index (κ2) is 4.84. The van der Waals surface area contributed by atoms with Gasteiger partial charge in [0, 0.05) is 13.2 Å². The summed E-state index contributed by atoms with van der Waals surface area (Å²) in [6, 6.07) is 0. The number of aromatic nitrogens is 3. The van der Waals surface area contributed by atoms with E-state index in [1.807, 2.05) is 0 Å². The fourth-order valence-electron chi connectivity index (χ4n) is 0.947. The van der Waals surface area contributed by atoms with Crippen LogP contribution in [0, 0.1) is 5.92 Å². The van der Waals surface area contributed by atoms with Gasteiger partial charge in [-0.1, -0.05) is 0 Å². The fraction of sp³-hybridized carbons (Fsp3) is 0.714. The third-order valence-corrected chi connectivity index (χ3v) is 1.82. The van der Waals surface area contributed by atoms with Crippen LogP contribution in [0.4, 0.5) is 0 Å². The van der Waals surface area contributed by atoms with Crippen LogP contribution in [-0.2, 0) is 6.54 Å². The van der Waals surface area contributed by atoms with Crippen molar-refractivity contribution in [1.29, 1.82) is 0 Å². The topological polar surface area (TPSA) is 77.0 Å². The lowest BCUT2D eigenvalue weighted by molar-refractivity contribution is 0.216. The molecule has 3 N–H and O–H groups in total. The quantitative estimate of drug-likeness (QED) is 0.608. The highest BCUT2D eigenvalue weighted by Gasteiger charge is 2.04. The molecule has 0 aromatic carbocycles. The summed E-state index contributed by atoms with van der Waals surface area (Å²) in [5, 5.41) is 12.8. The molecule has 0 saturated heterocycles. The molecular weight excluding hydrogens is 156 g/mol. The van der Waals surface area contributed by atoms with Crippen LogP contribution in [0.1, 0.15) is 6.42 Å². The smallest absolute Gasteiger partial charge is 0.137 e. The van der Waals surface area contributed by atoms with Gasteiger partial charge in [-0.15, -0.1) is 0 Å². The second-order valence-corrected chi connectivity index (χ2v) is 2.73. The van der Waals surface area contributed by atoms with Crippen molar-refractivity contribution in [2.45, 2.75) is 13.0 Å². The van der Waals surface area contributed by atoms with Crippen molar-refractivity contribution in [3.63, 3.8) is 0 Å². The lowest BCUT2D eigenvalue weighted by Gasteiger charge is -2.09. The van der Waals surface area contributed by atoms with Gasteiger partial charge in [0.05, 0.1) is 0 Å². The molecule has 0 radical (unpaired) electrons. The summed E-state index contributed by atoms with van der Waals surface area (Å²) in [5.74, 6) is 0.175. The third kappa shape index (κ3) is 2.60. The van der Waals surface area contributed by atoms with Crippen molar-refractivity contribution >= 4 is 0 Å². The zero-order valence-electron chi connectivity index (χ0n) is 6.93. The van der Waals surface area contributed by atoms with Crippen LogP contribution in [0.5, 0.6) is 0 Å². The van der Waals surface area contributed by atoms with E-state index >= 15 is 0 Å². The van der Waals surface area contributed by atoms with Gasteiger partial charge in [-0.25, -0.2) is 4.98 Å². The van der Waals surface area contributed by atoms with Crippen LogP contribution < -0.4 is 5.73 Å². The highest BCUT2D eigenvalue weighted by molar-refractivity contribution is 4.61. The van der Waals surface area contributed by atoms with Crippen molar-refractivity contribution in [1.82, 2.24) is 14.8 Å². The first-order valence-corrected chi connectivity index (χ1v) is 4.00. The van der Waals surface area contributed by atoms with Crippen molar-refractivity contribution < 1.29 is 5.11 Å². The highest BCUT2D eigenvalue weighted by Crippen LogP contribution is 2.00. The Morgan fingerprint density at radius 3 is 2.92 bits per heavy atom. The zero-order valence-corrected chi connectivity index (χ0v) is 6.93. The fourth-order valence-corrected chi connectivity index (χ4v) is 0.947. The van der Waals surface area contributed by atoms with Crippen LogP contribution in [0.25, 0.3) is 0 Å². The summed E-state index contributed by atoms with van der Waals surface area (Å²) in [4.78, 5) is 3.81. The lowest BCUT2D eigenvalue weighted by Crippen LogP contribution is -2.20. The van der Waals surface area contributed by atoms with Crippen LogP contribution in [0.3, 0.4) is 0 Å². The molecule has 0 saturated carbocycles. The standard InChI is InChI=1S/C7H14N4O/c8-3-7(4-12)1-2-11-6-9-5-10-11/h5-7,12H,1-4,8H2. The molecule has 0 fully saturated rings. The Morgan fingerprint density at radius 1 is 1.58 bits per heavy atom. The minimum atomic E-state index is 0.144. The van der Waals surface area contributed by atoms with E-state index in [1.165, 1.54) is 6.33 Å². The van der Waals surface area contributed by atoms with E-state index in [0.717, 1.165) is 13.0 Å². The van der Waals surface area contributed by atoms with E-state index < -0.39 is 0 Å². The SMILES string of the molecule is NCC(CO)CCn1cncn1. The summed E-state index contributed by atoms with van der Waals surface area (Å²) in [6.45, 7) is 1.43. The summed E-state index contributed by atoms with van der Waals surface area (Å²) < 4.78 is 1.73. The molecule has 0 amide bonds. The predicted octanol–water partition coefficient (Wildman–Crippen LogP) is -0.765. The van der Waals surface area contributed by atoms with Gasteiger partial charge in [-0.05, 0) is 18.9 Å². The molecule has 1 aromatic rings. The van der Waals surface area contributed by atoms with Crippen molar-refractivity contribution in [3.8, 4) is 0 Å². The molecule has 0 aliphatic rings. The van der Waals surface area contributed by atoms with E-state index in [-0.39, 0.29) is 12.5 Å². The lowest BCUT2D eigenvalue weighted by atomic mass is 10.1. The molecule has 12 heavy (non-hydrogen) atoms. The number of rotatable bonds is 5. The van der Waals surface area contributed by atoms with Crippen molar-refractivity contribution in [2.24, 2.45) is 11.7 Å². The van der Waals surface area contributed by atoms with Gasteiger partial charge in [0.15, 0.2) is 0 Å². The summed E-state index contributed by atoms with van der Waals surface area (Å²) in [6.07, 6.45) is 4.00. The Hall–Kier alpha value is -0.940. The first kappa shape index (κ1) is 9.15. The summed E-state index contributed by atoms with van der Waals surface area (Å²) in [7, 11) is 0. The maximum absolute atomic E-state index is 8.83. The van der Waals surface area contributed by atoms with E-state index in [4.69, 9.17) is 10.8 Å². The second-order valence-electron chi connectivity index (χ2n) is 2.73. The van der Waals surface area contributed by atoms with E-state index in [1.54, 1.807) is 11.0 Å². The number of nitrogens with zero attached hydrogens (tertiary/aromatic N) is 3. The first-order chi connectivity index (χ1) is 5.86. The number of aryl methyl sites for hydroxylation is 1. The van der Waals surface area contributed by atoms with Gasteiger partial charge in [-0.2, -0.15) is 5.10 Å². The molecule has 5 heteroatoms. The summed E-state index contributed by atoms with van der Waals surface area (Å²) >= 11 is 0. The molecule has 68 valence electrons. The molecule has 0 aliphatic carbocycles. The van der Waals surface area contributed by atoms with Crippen molar-refractivity contribution in [3.05, 3.63) is 12.7 Å². The number of hydrogen-bond donors (Lipinski definition) is 2. The molecular formula is C7H14N4O. The average Bonchev–Trinajstić information content (AvgIpc) is 2.59. The monoisotopic (exact) mass is 170 g/mol. The van der Waals surface area contributed by atoms with E-state index in [0.29, 0.717) is 6.54 Å². The van der Waals surface area contributed by atoms with Gasteiger partial charge in [0.2, 0.25) is 0 Å². The van der Waals surface area contributed by atoms with E-state index in [2.05, 4.69) is 10.1 Å². The normalized spacial score (nSPS) is 13.2. The van der Waals surface area contributed by atoms with Gasteiger partial charge >= 0.3 is 0 Å². The van der Waals surface area contributed by atoms with Crippen LogP contribution in [0.15, 0.2) is 12.7 Å². The van der Waals surface area contributed by atoms with Crippen LogP contribution in [-0.4, -0.2) is 33.0 Å². The molecule has 1 atom stereocenters. The summed E-state index contributed by atoms with van der Waals surface area (Å²) in [5.41, 5.74) is 5.42. The maximum Gasteiger partial charge on any atom is 0.137 e. The molecule has 1 heterocycles. The van der Waals surface area contributed by atoms with E-state index in [9.17, 15) is 0 Å². The molecule has 5 nitrogen and oxygen atoms in total. The van der Waals surface area contributed by atoms with Gasteiger partial charge in [0.1, 0.15) is 12.7 Å². The third-order valence-electron chi connectivity index (χ3n) is 1.82. The van der Waals surface area contributed by atoms with Crippen LogP contribution >= 0.6 is 0 Å². The number of nitrogens with two attached hydrogens (primary N) is 1. The van der Waals surface area contributed by atoms with Gasteiger partial charge in [-0.3, -0.25) is 4.68 Å². The first-order valence-electron chi connectivity index (χ1n) is 4.00. The molecule has 0 bridgehead atoms. The highest BCUT2D eigenvalue weighted by atomic mass is 16.3. The van der Waals surface area contributed by atoms with Crippen molar-refractivity contribution in [2.75, 3.05) is 13.2 Å². The molecule has 0 spiro atoms. The Bertz CT molecular complexity index is 195. The molecule has 1 rings (SSSR count). The minimum absolute atomic E-state index is 0.144. The number of aliphatic hydroxyl groups is 1. The number of aliphatic hydroxyl groups excluding tert-OH is 1. The van der Waals surface area contributed by atoms with Gasteiger partial charge < -0.3 is 10.8 Å². The zero-order chi connectivity index (χ0) is 8.81. The Kier molecular flexibility index (Phi) is 3.69. The molecule has 1 aromatic heterocycles. The Morgan fingerprint density at radius 2 is 2.42 bits per heavy atom. The minimum Gasteiger partial charge on any atom is -0.396 e. The molecule has 0 aliphatic heterocycles. The average molecular weight is 170 g/mol. The van der Waals surface area contributed by atoms with Gasteiger partial charge in [0.25, 0.3) is 0 Å². The number of hydrogen-bond acceptors (Lipinski definition) is 4. The Labute approximate surface area is 71.2 Å².